The zero-order valence-corrected chi connectivity index (χ0v) is 21.7. The molecule has 0 radical (unpaired) electrons. The van der Waals surface area contributed by atoms with Gasteiger partial charge in [0.15, 0.2) is 0 Å². The Morgan fingerprint density at radius 3 is 2.21 bits per heavy atom. The number of likely N-dealkylation sites (tertiary alicyclic amines) is 1. The number of unbranched alkanes of at least 4 members (excludes halogenated alkanes) is 1. The van der Waals surface area contributed by atoms with Gasteiger partial charge in [0.1, 0.15) is 11.6 Å². The van der Waals surface area contributed by atoms with Gasteiger partial charge in [0.25, 0.3) is 0 Å². The zero-order chi connectivity index (χ0) is 23.5. The van der Waals surface area contributed by atoms with Crippen LogP contribution < -0.4 is 5.32 Å². The predicted molar refractivity (Wildman–Crippen MR) is 134 cm³/mol. The predicted octanol–water partition coefficient (Wildman–Crippen LogP) is 3.71. The summed E-state index contributed by atoms with van der Waals surface area (Å²) in [6.07, 6.45) is 2.20. The summed E-state index contributed by atoms with van der Waals surface area (Å²) in [4.78, 5) is 30.9. The monoisotopic (exact) mass is 479 g/mol. The minimum absolute atomic E-state index is 0. The molecule has 2 N–H and O–H groups in total. The van der Waals surface area contributed by atoms with Crippen molar-refractivity contribution < 1.29 is 14.7 Å². The number of carbonyl (C=O) groups excluding carboxylic acids is 2. The number of carbonyl (C=O) groups is 2. The Labute approximate surface area is 205 Å². The highest BCUT2D eigenvalue weighted by Crippen LogP contribution is 2.35. The largest absolute Gasteiger partial charge is 0.390 e. The van der Waals surface area contributed by atoms with Crippen molar-refractivity contribution in [2.75, 3.05) is 19.6 Å². The maximum atomic E-state index is 13.4. The van der Waals surface area contributed by atoms with E-state index in [-0.39, 0.29) is 30.1 Å². The second kappa shape index (κ2) is 11.7. The second-order valence-electron chi connectivity index (χ2n) is 10.2. The Kier molecular flexibility index (Phi) is 9.77. The lowest BCUT2D eigenvalue weighted by molar-refractivity contribution is -0.165. The number of rotatable bonds is 8. The molecule has 2 fully saturated rings. The first-order valence-corrected chi connectivity index (χ1v) is 12.3. The number of aliphatic hydroxyl groups is 1. The van der Waals surface area contributed by atoms with Crippen molar-refractivity contribution >= 4 is 24.2 Å². The van der Waals surface area contributed by atoms with Gasteiger partial charge in [-0.3, -0.25) is 14.5 Å². The van der Waals surface area contributed by atoms with Crippen LogP contribution in [0, 0.1) is 5.92 Å². The lowest BCUT2D eigenvalue weighted by Crippen LogP contribution is -2.74. The summed E-state index contributed by atoms with van der Waals surface area (Å²) in [6, 6.07) is 7.95. The molecule has 0 aliphatic carbocycles. The maximum absolute atomic E-state index is 13.4. The van der Waals surface area contributed by atoms with Crippen molar-refractivity contribution in [2.24, 2.45) is 5.92 Å². The average Bonchev–Trinajstić information content (AvgIpc) is 2.77. The minimum atomic E-state index is -0.873. The fraction of sp³-hybridized carbons (Fsp3) is 0.692. The molecule has 1 spiro atoms. The summed E-state index contributed by atoms with van der Waals surface area (Å²) in [5.74, 6) is 0.194. The van der Waals surface area contributed by atoms with E-state index in [1.807, 2.05) is 13.8 Å². The molecule has 186 valence electrons. The molecule has 1 aromatic carbocycles. The van der Waals surface area contributed by atoms with E-state index in [1.54, 1.807) is 4.90 Å². The topological polar surface area (TPSA) is 72.9 Å². The highest BCUT2D eigenvalue weighted by atomic mass is 35.5. The van der Waals surface area contributed by atoms with Crippen molar-refractivity contribution in [2.45, 2.75) is 90.4 Å². The van der Waals surface area contributed by atoms with Crippen LogP contribution in [0.1, 0.15) is 77.3 Å². The maximum Gasteiger partial charge on any atom is 0.248 e. The number of benzene rings is 1. The molecule has 3 rings (SSSR count). The van der Waals surface area contributed by atoms with Crippen LogP contribution in [-0.4, -0.2) is 64.0 Å². The quantitative estimate of drug-likeness (QED) is 0.596. The van der Waals surface area contributed by atoms with Gasteiger partial charge in [-0.25, -0.2) is 0 Å². The van der Waals surface area contributed by atoms with Gasteiger partial charge < -0.3 is 15.3 Å². The molecule has 0 saturated carbocycles. The van der Waals surface area contributed by atoms with Crippen LogP contribution in [-0.2, 0) is 16.1 Å². The first kappa shape index (κ1) is 27.6. The highest BCUT2D eigenvalue weighted by Gasteiger charge is 2.54. The molecular weight excluding hydrogens is 438 g/mol. The Bertz CT molecular complexity index is 788. The Morgan fingerprint density at radius 2 is 1.70 bits per heavy atom. The van der Waals surface area contributed by atoms with Crippen LogP contribution in [0.15, 0.2) is 24.3 Å². The molecule has 2 amide bonds. The Morgan fingerprint density at radius 1 is 1.09 bits per heavy atom. The molecule has 2 atom stereocenters. The summed E-state index contributed by atoms with van der Waals surface area (Å²) in [5, 5.41) is 13.5. The number of hydrogen-bond donors (Lipinski definition) is 2. The van der Waals surface area contributed by atoms with Crippen LogP contribution in [0.4, 0.5) is 0 Å². The first-order valence-electron chi connectivity index (χ1n) is 12.3. The molecular formula is C26H42ClN3O3. The van der Waals surface area contributed by atoms with E-state index in [4.69, 9.17) is 0 Å². The van der Waals surface area contributed by atoms with Gasteiger partial charge in [-0.05, 0) is 42.2 Å². The van der Waals surface area contributed by atoms with Gasteiger partial charge in [-0.1, -0.05) is 65.3 Å². The summed E-state index contributed by atoms with van der Waals surface area (Å²) in [7, 11) is 0. The number of piperidine rings is 1. The van der Waals surface area contributed by atoms with Crippen molar-refractivity contribution in [3.05, 3.63) is 35.4 Å². The van der Waals surface area contributed by atoms with E-state index in [9.17, 15) is 14.7 Å². The van der Waals surface area contributed by atoms with Gasteiger partial charge in [0.05, 0.1) is 6.10 Å². The molecule has 33 heavy (non-hydrogen) atoms. The third kappa shape index (κ3) is 5.90. The van der Waals surface area contributed by atoms with Crippen molar-refractivity contribution in [3.8, 4) is 0 Å². The molecule has 2 saturated heterocycles. The minimum Gasteiger partial charge on any atom is -0.390 e. The van der Waals surface area contributed by atoms with E-state index in [0.717, 1.165) is 32.5 Å². The number of nitrogens with zero attached hydrogens (tertiary/aromatic N) is 2. The number of piperazine rings is 1. The van der Waals surface area contributed by atoms with Crippen LogP contribution in [0.3, 0.4) is 0 Å². The Hall–Kier alpha value is -1.63. The number of aliphatic hydroxyl groups excluding tert-OH is 1. The molecule has 7 heteroatoms. The van der Waals surface area contributed by atoms with Crippen molar-refractivity contribution in [1.82, 2.24) is 15.1 Å². The molecule has 2 unspecified atom stereocenters. The Balaban J connectivity index is 0.00000385. The molecule has 2 aliphatic rings. The number of nitrogens with one attached hydrogen (secondary N) is 1. The number of hydrogen-bond acceptors (Lipinski definition) is 4. The van der Waals surface area contributed by atoms with E-state index < -0.39 is 17.7 Å². The fourth-order valence-corrected chi connectivity index (χ4v) is 4.94. The van der Waals surface area contributed by atoms with Crippen molar-refractivity contribution in [3.63, 3.8) is 0 Å². The first-order chi connectivity index (χ1) is 15.2. The summed E-state index contributed by atoms with van der Waals surface area (Å²) < 4.78 is 0. The standard InChI is InChI=1S/C26H41N3O3.ClH/c1-6-7-14-29-24(31)22(23(30)19(4)5)27-25(32)26(29)12-15-28(16-13-26)17-20-8-10-21(11-9-20)18(2)3;/h8-11,18-19,22-23,30H,6-7,12-17H2,1-5H3,(H,27,32);1H. The molecule has 0 bridgehead atoms. The van der Waals surface area contributed by atoms with Crippen LogP contribution in [0.2, 0.25) is 0 Å². The average molecular weight is 480 g/mol. The van der Waals surface area contributed by atoms with E-state index >= 15 is 0 Å². The molecule has 2 aliphatic heterocycles. The fourth-order valence-electron chi connectivity index (χ4n) is 4.94. The SMILES string of the molecule is CCCCN1C(=O)C(C(O)C(C)C)NC(=O)C12CCN(Cc1ccc(C(C)C)cc1)CC2.Cl. The number of amides is 2. The summed E-state index contributed by atoms with van der Waals surface area (Å²) >= 11 is 0. The van der Waals surface area contributed by atoms with Gasteiger partial charge in [-0.2, -0.15) is 0 Å². The highest BCUT2D eigenvalue weighted by molar-refractivity contribution is 6.00. The lowest BCUT2D eigenvalue weighted by Gasteiger charge is -2.52. The lowest BCUT2D eigenvalue weighted by atomic mass is 9.80. The smallest absolute Gasteiger partial charge is 0.248 e. The molecule has 1 aromatic rings. The van der Waals surface area contributed by atoms with E-state index in [1.165, 1.54) is 11.1 Å². The van der Waals surface area contributed by atoms with Gasteiger partial charge in [0, 0.05) is 26.2 Å². The summed E-state index contributed by atoms with van der Waals surface area (Å²) in [6.45, 7) is 13.2. The normalized spacial score (nSPS) is 21.9. The van der Waals surface area contributed by atoms with Crippen LogP contribution in [0.25, 0.3) is 0 Å². The van der Waals surface area contributed by atoms with E-state index in [2.05, 4.69) is 55.3 Å². The zero-order valence-electron chi connectivity index (χ0n) is 20.8. The molecule has 0 aromatic heterocycles. The third-order valence-corrected chi connectivity index (χ3v) is 7.25. The molecule has 6 nitrogen and oxygen atoms in total. The van der Waals surface area contributed by atoms with Crippen molar-refractivity contribution in [1.29, 1.82) is 0 Å². The molecule has 2 heterocycles. The second-order valence-corrected chi connectivity index (χ2v) is 10.2. The van der Waals surface area contributed by atoms with Gasteiger partial charge >= 0.3 is 0 Å². The van der Waals surface area contributed by atoms with Crippen LogP contribution >= 0.6 is 12.4 Å². The number of halogens is 1. The van der Waals surface area contributed by atoms with Gasteiger partial charge in [-0.15, -0.1) is 12.4 Å². The van der Waals surface area contributed by atoms with Gasteiger partial charge in [0.2, 0.25) is 11.8 Å². The summed E-state index contributed by atoms with van der Waals surface area (Å²) in [5.41, 5.74) is 1.82. The third-order valence-electron chi connectivity index (χ3n) is 7.25. The van der Waals surface area contributed by atoms with E-state index in [0.29, 0.717) is 25.3 Å². The van der Waals surface area contributed by atoms with Crippen LogP contribution in [0.5, 0.6) is 0 Å².